The largest absolute Gasteiger partial charge is 0.390 e. The summed E-state index contributed by atoms with van der Waals surface area (Å²) in [5, 5.41) is 10.3. The maximum absolute atomic E-state index is 10.3. The lowest BCUT2D eigenvalue weighted by atomic mass is 10.2. The molecule has 3 rings (SSSR count). The van der Waals surface area contributed by atoms with Crippen LogP contribution in [0.25, 0.3) is 0 Å². The molecule has 2 aliphatic heterocycles. The van der Waals surface area contributed by atoms with E-state index in [0.717, 1.165) is 71.4 Å². The first kappa shape index (κ1) is 15.7. The zero-order valence-electron chi connectivity index (χ0n) is 13.1. The van der Waals surface area contributed by atoms with Gasteiger partial charge in [-0.1, -0.05) is 6.07 Å². The highest BCUT2D eigenvalue weighted by Gasteiger charge is 2.21. The zero-order chi connectivity index (χ0) is 15.2. The van der Waals surface area contributed by atoms with Crippen LogP contribution in [-0.2, 0) is 4.74 Å². The SMILES string of the molecule is OC(CN1CCOCC1)CN1CCN(c2ccccn2)CC1. The first-order valence-corrected chi connectivity index (χ1v) is 8.18. The minimum absolute atomic E-state index is 0.278. The van der Waals surface area contributed by atoms with Crippen LogP contribution >= 0.6 is 0 Å². The first-order valence-electron chi connectivity index (χ1n) is 8.18. The number of hydrogen-bond acceptors (Lipinski definition) is 6. The molecule has 0 spiro atoms. The number of β-amino-alcohol motifs (C(OH)–C–C–N with tert-alkyl or cyclic N) is 1. The summed E-state index contributed by atoms with van der Waals surface area (Å²) in [6.07, 6.45) is 1.56. The summed E-state index contributed by atoms with van der Waals surface area (Å²) in [5.74, 6) is 1.05. The van der Waals surface area contributed by atoms with Gasteiger partial charge >= 0.3 is 0 Å². The van der Waals surface area contributed by atoms with Crippen LogP contribution in [0.2, 0.25) is 0 Å². The fourth-order valence-electron chi connectivity index (χ4n) is 3.14. The predicted octanol–water partition coefficient (Wildman–Crippen LogP) is -0.103. The number of aliphatic hydroxyl groups excluding tert-OH is 1. The Bertz CT molecular complexity index is 431. The summed E-state index contributed by atoms with van der Waals surface area (Å²) in [4.78, 5) is 11.4. The third-order valence-corrected chi connectivity index (χ3v) is 4.39. The lowest BCUT2D eigenvalue weighted by Gasteiger charge is -2.37. The topological polar surface area (TPSA) is 52.1 Å². The molecule has 6 heteroatoms. The van der Waals surface area contributed by atoms with Crippen molar-refractivity contribution in [3.05, 3.63) is 24.4 Å². The van der Waals surface area contributed by atoms with Crippen LogP contribution in [0.15, 0.2) is 24.4 Å². The minimum Gasteiger partial charge on any atom is -0.390 e. The molecule has 1 atom stereocenters. The predicted molar refractivity (Wildman–Crippen MR) is 86.2 cm³/mol. The maximum atomic E-state index is 10.3. The summed E-state index contributed by atoms with van der Waals surface area (Å²) >= 11 is 0. The van der Waals surface area contributed by atoms with Gasteiger partial charge in [-0.3, -0.25) is 9.80 Å². The van der Waals surface area contributed by atoms with Crippen molar-refractivity contribution < 1.29 is 9.84 Å². The molecule has 1 N–H and O–H groups in total. The number of nitrogens with zero attached hydrogens (tertiary/aromatic N) is 4. The Balaban J connectivity index is 1.39. The van der Waals surface area contributed by atoms with E-state index in [4.69, 9.17) is 4.74 Å². The molecule has 1 aromatic rings. The van der Waals surface area contributed by atoms with Crippen molar-refractivity contribution in [2.24, 2.45) is 0 Å². The average molecular weight is 306 g/mol. The molecule has 3 heterocycles. The Morgan fingerprint density at radius 2 is 1.68 bits per heavy atom. The van der Waals surface area contributed by atoms with E-state index in [1.807, 2.05) is 18.3 Å². The number of hydrogen-bond donors (Lipinski definition) is 1. The van der Waals surface area contributed by atoms with Crippen molar-refractivity contribution in [3.63, 3.8) is 0 Å². The summed E-state index contributed by atoms with van der Waals surface area (Å²) in [6.45, 7) is 8.87. The second-order valence-electron chi connectivity index (χ2n) is 6.04. The average Bonchev–Trinajstić information content (AvgIpc) is 2.57. The highest BCUT2D eigenvalue weighted by atomic mass is 16.5. The van der Waals surface area contributed by atoms with Crippen LogP contribution in [0.5, 0.6) is 0 Å². The highest BCUT2D eigenvalue weighted by molar-refractivity contribution is 5.38. The number of morpholine rings is 1. The number of pyridine rings is 1. The van der Waals surface area contributed by atoms with Crippen LogP contribution < -0.4 is 4.90 Å². The summed E-state index contributed by atoms with van der Waals surface area (Å²) < 4.78 is 5.34. The van der Waals surface area contributed by atoms with Gasteiger partial charge in [-0.2, -0.15) is 0 Å². The van der Waals surface area contributed by atoms with Crippen molar-refractivity contribution >= 4 is 5.82 Å². The number of aliphatic hydroxyl groups is 1. The Kier molecular flexibility index (Phi) is 5.61. The van der Waals surface area contributed by atoms with Crippen molar-refractivity contribution in [2.45, 2.75) is 6.10 Å². The Labute approximate surface area is 132 Å². The molecule has 0 amide bonds. The molecule has 0 saturated carbocycles. The van der Waals surface area contributed by atoms with Gasteiger partial charge in [0.2, 0.25) is 0 Å². The summed E-state index contributed by atoms with van der Waals surface area (Å²) in [5.41, 5.74) is 0. The Hall–Kier alpha value is -1.21. The summed E-state index contributed by atoms with van der Waals surface area (Å²) in [7, 11) is 0. The van der Waals surface area contributed by atoms with Crippen molar-refractivity contribution in [1.29, 1.82) is 0 Å². The van der Waals surface area contributed by atoms with Gasteiger partial charge in [0.15, 0.2) is 0 Å². The van der Waals surface area contributed by atoms with Gasteiger partial charge < -0.3 is 14.7 Å². The lowest BCUT2D eigenvalue weighted by Crippen LogP contribution is -2.51. The van der Waals surface area contributed by atoms with E-state index in [0.29, 0.717) is 0 Å². The molecule has 1 unspecified atom stereocenters. The molecule has 6 nitrogen and oxygen atoms in total. The molecule has 0 radical (unpaired) electrons. The normalized spacial score (nSPS) is 22.7. The van der Waals surface area contributed by atoms with Gasteiger partial charge in [0.05, 0.1) is 19.3 Å². The monoisotopic (exact) mass is 306 g/mol. The number of aromatic nitrogens is 1. The van der Waals surface area contributed by atoms with Gasteiger partial charge in [-0.05, 0) is 12.1 Å². The van der Waals surface area contributed by atoms with Crippen LogP contribution in [0.3, 0.4) is 0 Å². The molecule has 2 aliphatic rings. The van der Waals surface area contributed by atoms with Gasteiger partial charge in [0.1, 0.15) is 5.82 Å². The fraction of sp³-hybridized carbons (Fsp3) is 0.688. The second kappa shape index (κ2) is 7.87. The van der Waals surface area contributed by atoms with Crippen LogP contribution in [0.4, 0.5) is 5.82 Å². The van der Waals surface area contributed by atoms with E-state index in [9.17, 15) is 5.11 Å². The van der Waals surface area contributed by atoms with E-state index in [-0.39, 0.29) is 6.10 Å². The lowest BCUT2D eigenvalue weighted by molar-refractivity contribution is 0.00655. The molecular formula is C16H26N4O2. The number of piperazine rings is 1. The number of rotatable bonds is 5. The van der Waals surface area contributed by atoms with Crippen molar-refractivity contribution in [2.75, 3.05) is 70.5 Å². The van der Waals surface area contributed by atoms with E-state index >= 15 is 0 Å². The smallest absolute Gasteiger partial charge is 0.128 e. The van der Waals surface area contributed by atoms with Crippen LogP contribution in [-0.4, -0.2) is 91.6 Å². The van der Waals surface area contributed by atoms with Crippen LogP contribution in [0.1, 0.15) is 0 Å². The maximum Gasteiger partial charge on any atom is 0.128 e. The third-order valence-electron chi connectivity index (χ3n) is 4.39. The molecule has 0 bridgehead atoms. The number of ether oxygens (including phenoxy) is 1. The molecule has 1 aromatic heterocycles. The molecule has 2 fully saturated rings. The molecule has 0 aromatic carbocycles. The first-order chi connectivity index (χ1) is 10.8. The van der Waals surface area contributed by atoms with Gasteiger partial charge in [0, 0.05) is 58.6 Å². The van der Waals surface area contributed by atoms with Crippen molar-refractivity contribution in [3.8, 4) is 0 Å². The molecular weight excluding hydrogens is 280 g/mol. The third kappa shape index (κ3) is 4.39. The minimum atomic E-state index is -0.278. The van der Waals surface area contributed by atoms with E-state index < -0.39 is 0 Å². The standard InChI is InChI=1S/C16H26N4O2/c21-15(14-19-9-11-22-12-10-19)13-18-5-7-20(8-6-18)16-3-1-2-4-17-16/h1-4,15,21H,5-14H2. The zero-order valence-corrected chi connectivity index (χ0v) is 13.1. The van der Waals surface area contributed by atoms with Gasteiger partial charge in [-0.25, -0.2) is 4.98 Å². The van der Waals surface area contributed by atoms with E-state index in [1.165, 1.54) is 0 Å². The van der Waals surface area contributed by atoms with Crippen LogP contribution in [0, 0.1) is 0 Å². The Morgan fingerprint density at radius 3 is 2.32 bits per heavy atom. The summed E-state index contributed by atoms with van der Waals surface area (Å²) in [6, 6.07) is 6.03. The highest BCUT2D eigenvalue weighted by Crippen LogP contribution is 2.12. The molecule has 2 saturated heterocycles. The van der Waals surface area contributed by atoms with Gasteiger partial charge in [-0.15, -0.1) is 0 Å². The van der Waals surface area contributed by atoms with E-state index in [1.54, 1.807) is 0 Å². The van der Waals surface area contributed by atoms with Crippen molar-refractivity contribution in [1.82, 2.24) is 14.8 Å². The molecule has 122 valence electrons. The fourth-order valence-corrected chi connectivity index (χ4v) is 3.14. The molecule has 0 aliphatic carbocycles. The number of anilines is 1. The quantitative estimate of drug-likeness (QED) is 0.820. The van der Waals surface area contributed by atoms with Gasteiger partial charge in [0.25, 0.3) is 0 Å². The Morgan fingerprint density at radius 1 is 1.00 bits per heavy atom. The second-order valence-corrected chi connectivity index (χ2v) is 6.04. The van der Waals surface area contributed by atoms with E-state index in [2.05, 4.69) is 25.8 Å². The molecule has 22 heavy (non-hydrogen) atoms.